The summed E-state index contributed by atoms with van der Waals surface area (Å²) < 4.78 is 5.28. The number of anilines is 1. The predicted molar refractivity (Wildman–Crippen MR) is 82.8 cm³/mol. The van der Waals surface area contributed by atoms with Crippen molar-refractivity contribution in [2.24, 2.45) is 5.92 Å². The van der Waals surface area contributed by atoms with Gasteiger partial charge in [-0.2, -0.15) is 5.10 Å². The van der Waals surface area contributed by atoms with Crippen molar-refractivity contribution in [3.63, 3.8) is 0 Å². The van der Waals surface area contributed by atoms with Gasteiger partial charge in [-0.25, -0.2) is 4.79 Å². The van der Waals surface area contributed by atoms with Crippen LogP contribution in [0.15, 0.2) is 12.1 Å². The van der Waals surface area contributed by atoms with Crippen LogP contribution in [0, 0.1) is 12.8 Å². The normalized spacial score (nSPS) is 19.6. The number of urea groups is 1. The van der Waals surface area contributed by atoms with Gasteiger partial charge in [-0.1, -0.05) is 0 Å². The van der Waals surface area contributed by atoms with Crippen molar-refractivity contribution >= 4 is 11.8 Å². The molecule has 2 N–H and O–H groups in total. The van der Waals surface area contributed by atoms with Crippen LogP contribution in [-0.4, -0.2) is 55.1 Å². The molecule has 7 nitrogen and oxygen atoms in total. The third kappa shape index (κ3) is 3.85. The third-order valence-electron chi connectivity index (χ3n) is 4.17. The second kappa shape index (κ2) is 6.91. The molecule has 3 rings (SSSR count). The first-order valence-electron chi connectivity index (χ1n) is 7.88. The summed E-state index contributed by atoms with van der Waals surface area (Å²) >= 11 is 0. The molecule has 0 aliphatic carbocycles. The van der Waals surface area contributed by atoms with E-state index in [1.165, 1.54) is 0 Å². The van der Waals surface area contributed by atoms with Gasteiger partial charge in [0.05, 0.1) is 5.69 Å². The molecule has 2 amide bonds. The molecule has 2 saturated heterocycles. The second-order valence-electron chi connectivity index (χ2n) is 6.04. The SMILES string of the molecule is Cc1ccc(N2CC(CNC(=O)NC3CCOCC3)C2)nn1. The minimum atomic E-state index is -0.0690. The molecule has 2 aliphatic heterocycles. The second-order valence-corrected chi connectivity index (χ2v) is 6.04. The zero-order valence-electron chi connectivity index (χ0n) is 12.9. The lowest BCUT2D eigenvalue weighted by molar-refractivity contribution is 0.0800. The van der Waals surface area contributed by atoms with Crippen LogP contribution < -0.4 is 15.5 Å². The zero-order valence-corrected chi connectivity index (χ0v) is 12.9. The number of hydrogen-bond donors (Lipinski definition) is 2. The summed E-state index contributed by atoms with van der Waals surface area (Å²) in [6.07, 6.45) is 1.80. The number of nitrogens with one attached hydrogen (secondary N) is 2. The largest absolute Gasteiger partial charge is 0.381 e. The van der Waals surface area contributed by atoms with Gasteiger partial charge < -0.3 is 20.3 Å². The molecule has 0 radical (unpaired) electrons. The van der Waals surface area contributed by atoms with E-state index in [9.17, 15) is 4.79 Å². The van der Waals surface area contributed by atoms with Gasteiger partial charge in [0.1, 0.15) is 0 Å². The summed E-state index contributed by atoms with van der Waals surface area (Å²) in [5, 5.41) is 14.2. The van der Waals surface area contributed by atoms with Crippen LogP contribution >= 0.6 is 0 Å². The third-order valence-corrected chi connectivity index (χ3v) is 4.17. The van der Waals surface area contributed by atoms with Crippen LogP contribution in [0.5, 0.6) is 0 Å². The van der Waals surface area contributed by atoms with E-state index < -0.39 is 0 Å². The fourth-order valence-corrected chi connectivity index (χ4v) is 2.76. The van der Waals surface area contributed by atoms with E-state index in [0.717, 1.165) is 50.7 Å². The summed E-state index contributed by atoms with van der Waals surface area (Å²) in [6, 6.07) is 4.13. The van der Waals surface area contributed by atoms with Crippen LogP contribution in [0.25, 0.3) is 0 Å². The Bertz CT molecular complexity index is 495. The molecule has 1 aromatic rings. The number of amides is 2. The van der Waals surface area contributed by atoms with Crippen molar-refractivity contribution in [2.45, 2.75) is 25.8 Å². The number of hydrogen-bond acceptors (Lipinski definition) is 5. The summed E-state index contributed by atoms with van der Waals surface area (Å²) in [7, 11) is 0. The number of aryl methyl sites for hydroxylation is 1. The highest BCUT2D eigenvalue weighted by atomic mass is 16.5. The van der Waals surface area contributed by atoms with Gasteiger partial charge in [0.15, 0.2) is 5.82 Å². The van der Waals surface area contributed by atoms with Crippen LogP contribution in [0.4, 0.5) is 10.6 Å². The lowest BCUT2D eigenvalue weighted by Crippen LogP contribution is -2.53. The summed E-state index contributed by atoms with van der Waals surface area (Å²) in [6.45, 7) is 5.92. The molecular formula is C15H23N5O2. The summed E-state index contributed by atoms with van der Waals surface area (Å²) in [5.41, 5.74) is 0.923. The van der Waals surface area contributed by atoms with Gasteiger partial charge in [-0.3, -0.25) is 0 Å². The van der Waals surface area contributed by atoms with Crippen LogP contribution in [0.2, 0.25) is 0 Å². The quantitative estimate of drug-likeness (QED) is 0.856. The molecule has 2 aliphatic rings. The number of carbonyl (C=O) groups is 1. The molecular weight excluding hydrogens is 282 g/mol. The Balaban J connectivity index is 1.34. The number of carbonyl (C=O) groups excluding carboxylic acids is 1. The molecule has 22 heavy (non-hydrogen) atoms. The Morgan fingerprint density at radius 2 is 2.09 bits per heavy atom. The van der Waals surface area contributed by atoms with E-state index in [1.807, 2.05) is 19.1 Å². The monoisotopic (exact) mass is 305 g/mol. The lowest BCUT2D eigenvalue weighted by Gasteiger charge is -2.40. The first-order chi connectivity index (χ1) is 10.7. The number of rotatable bonds is 4. The molecule has 1 aromatic heterocycles. The maximum atomic E-state index is 11.8. The van der Waals surface area contributed by atoms with Crippen LogP contribution in [-0.2, 0) is 4.74 Å². The Morgan fingerprint density at radius 1 is 1.32 bits per heavy atom. The lowest BCUT2D eigenvalue weighted by atomic mass is 10.0. The first-order valence-corrected chi connectivity index (χ1v) is 7.88. The highest BCUT2D eigenvalue weighted by molar-refractivity contribution is 5.74. The number of nitrogens with zero attached hydrogens (tertiary/aromatic N) is 3. The molecule has 0 saturated carbocycles. The minimum absolute atomic E-state index is 0.0690. The van der Waals surface area contributed by atoms with Gasteiger partial charge in [0.2, 0.25) is 0 Å². The Labute approximate surface area is 130 Å². The van der Waals surface area contributed by atoms with E-state index >= 15 is 0 Å². The maximum absolute atomic E-state index is 11.8. The van der Waals surface area contributed by atoms with Gasteiger partial charge >= 0.3 is 6.03 Å². The highest BCUT2D eigenvalue weighted by Gasteiger charge is 2.28. The van der Waals surface area contributed by atoms with Crippen molar-refractivity contribution in [3.8, 4) is 0 Å². The van der Waals surface area contributed by atoms with Gasteiger partial charge in [-0.15, -0.1) is 5.10 Å². The van der Waals surface area contributed by atoms with Crippen molar-refractivity contribution in [1.29, 1.82) is 0 Å². The molecule has 0 unspecified atom stereocenters. The van der Waals surface area contributed by atoms with E-state index in [-0.39, 0.29) is 12.1 Å². The van der Waals surface area contributed by atoms with Crippen molar-refractivity contribution in [2.75, 3.05) is 37.7 Å². The van der Waals surface area contributed by atoms with Gasteiger partial charge in [0, 0.05) is 44.8 Å². The van der Waals surface area contributed by atoms with E-state index in [2.05, 4.69) is 25.7 Å². The average molecular weight is 305 g/mol. The smallest absolute Gasteiger partial charge is 0.315 e. The van der Waals surface area contributed by atoms with Gasteiger partial charge in [-0.05, 0) is 31.9 Å². The predicted octanol–water partition coefficient (Wildman–Crippen LogP) is 0.699. The van der Waals surface area contributed by atoms with E-state index in [4.69, 9.17) is 4.74 Å². The molecule has 2 fully saturated rings. The van der Waals surface area contributed by atoms with E-state index in [0.29, 0.717) is 12.5 Å². The van der Waals surface area contributed by atoms with Crippen molar-refractivity contribution < 1.29 is 9.53 Å². The van der Waals surface area contributed by atoms with Crippen LogP contribution in [0.1, 0.15) is 18.5 Å². The fourth-order valence-electron chi connectivity index (χ4n) is 2.76. The van der Waals surface area contributed by atoms with Crippen molar-refractivity contribution in [3.05, 3.63) is 17.8 Å². The molecule has 0 spiro atoms. The number of aromatic nitrogens is 2. The first kappa shape index (κ1) is 15.0. The molecule has 0 bridgehead atoms. The number of ether oxygens (including phenoxy) is 1. The summed E-state index contributed by atoms with van der Waals surface area (Å²) in [4.78, 5) is 14.0. The maximum Gasteiger partial charge on any atom is 0.315 e. The topological polar surface area (TPSA) is 79.4 Å². The van der Waals surface area contributed by atoms with E-state index in [1.54, 1.807) is 0 Å². The summed E-state index contributed by atoms with van der Waals surface area (Å²) in [5.74, 6) is 1.39. The molecule has 0 atom stereocenters. The van der Waals surface area contributed by atoms with Gasteiger partial charge in [0.25, 0.3) is 0 Å². The molecule has 3 heterocycles. The molecule has 120 valence electrons. The molecule has 0 aromatic carbocycles. The zero-order chi connectivity index (χ0) is 15.4. The molecule has 7 heteroatoms. The highest BCUT2D eigenvalue weighted by Crippen LogP contribution is 2.21. The average Bonchev–Trinajstić information content (AvgIpc) is 2.48. The fraction of sp³-hybridized carbons (Fsp3) is 0.667. The van der Waals surface area contributed by atoms with Crippen LogP contribution in [0.3, 0.4) is 0 Å². The van der Waals surface area contributed by atoms with Crippen molar-refractivity contribution in [1.82, 2.24) is 20.8 Å². The Kier molecular flexibility index (Phi) is 4.72. The Morgan fingerprint density at radius 3 is 2.77 bits per heavy atom. The standard InChI is InChI=1S/C15H23N5O2/c1-11-2-3-14(19-18-11)20-9-12(10-20)8-16-15(21)17-13-4-6-22-7-5-13/h2-3,12-13H,4-10H2,1H3,(H2,16,17,21). The Hall–Kier alpha value is -1.89. The minimum Gasteiger partial charge on any atom is -0.381 e.